The molecule has 22 heavy (non-hydrogen) atoms. The van der Waals surface area contributed by atoms with Gasteiger partial charge in [-0.1, -0.05) is 6.08 Å². The smallest absolute Gasteiger partial charge is 0.400 e. The Bertz CT molecular complexity index is 569. The molecule has 0 bridgehead atoms. The molecule has 0 amide bonds. The summed E-state index contributed by atoms with van der Waals surface area (Å²) in [5.41, 5.74) is 8.16. The minimum absolute atomic E-state index is 0.348. The second-order valence-corrected chi connectivity index (χ2v) is 6.80. The zero-order chi connectivity index (χ0) is 16.5. The van der Waals surface area contributed by atoms with Gasteiger partial charge < -0.3 is 20.4 Å². The first-order chi connectivity index (χ1) is 10.2. The molecule has 0 unspecified atom stereocenters. The van der Waals surface area contributed by atoms with E-state index in [2.05, 4.69) is 44.1 Å². The standard InChI is InChI=1S/C16H26BN3O2/c1-11-7-14(18)20-9-12(11)8-13(10-19-6)17-21-15(2,3)16(4,5)22-17/h7-9,19H,10H2,1-6H3,(H2,18,20). The summed E-state index contributed by atoms with van der Waals surface area (Å²) in [4.78, 5) is 4.17. The number of anilines is 1. The maximum absolute atomic E-state index is 6.14. The number of nitrogen functional groups attached to an aromatic ring is 1. The molecular weight excluding hydrogens is 277 g/mol. The Labute approximate surface area is 133 Å². The molecule has 6 heteroatoms. The van der Waals surface area contributed by atoms with Gasteiger partial charge in [0.05, 0.1) is 11.2 Å². The van der Waals surface area contributed by atoms with Gasteiger partial charge in [-0.2, -0.15) is 0 Å². The Hall–Kier alpha value is -1.37. The number of rotatable bonds is 4. The maximum Gasteiger partial charge on any atom is 0.491 e. The molecule has 0 aliphatic carbocycles. The van der Waals surface area contributed by atoms with E-state index in [1.54, 1.807) is 6.20 Å². The third-order valence-corrected chi connectivity index (χ3v) is 4.45. The molecule has 1 fully saturated rings. The number of hydrogen-bond donors (Lipinski definition) is 2. The van der Waals surface area contributed by atoms with Gasteiger partial charge in [0.1, 0.15) is 5.82 Å². The van der Waals surface area contributed by atoms with Crippen LogP contribution in [-0.2, 0) is 9.31 Å². The Morgan fingerprint density at radius 1 is 1.32 bits per heavy atom. The molecule has 0 aromatic carbocycles. The topological polar surface area (TPSA) is 69.4 Å². The number of aromatic nitrogens is 1. The van der Waals surface area contributed by atoms with Crippen LogP contribution in [0.25, 0.3) is 6.08 Å². The molecule has 0 radical (unpaired) electrons. The average Bonchev–Trinajstić information content (AvgIpc) is 2.61. The van der Waals surface area contributed by atoms with Crippen LogP contribution in [0.1, 0.15) is 38.8 Å². The summed E-state index contributed by atoms with van der Waals surface area (Å²) in [5, 5.41) is 3.18. The van der Waals surface area contributed by atoms with E-state index in [0.29, 0.717) is 12.4 Å². The van der Waals surface area contributed by atoms with Crippen molar-refractivity contribution in [3.63, 3.8) is 0 Å². The highest BCUT2D eigenvalue weighted by molar-refractivity contribution is 6.55. The van der Waals surface area contributed by atoms with E-state index in [4.69, 9.17) is 15.0 Å². The highest BCUT2D eigenvalue weighted by atomic mass is 16.7. The van der Waals surface area contributed by atoms with Gasteiger partial charge in [0.15, 0.2) is 0 Å². The van der Waals surface area contributed by atoms with Crippen LogP contribution in [0, 0.1) is 6.92 Å². The first-order valence-corrected chi connectivity index (χ1v) is 7.59. The normalized spacial score (nSPS) is 20.5. The summed E-state index contributed by atoms with van der Waals surface area (Å²) in [6.07, 6.45) is 3.85. The van der Waals surface area contributed by atoms with Gasteiger partial charge in [0.25, 0.3) is 0 Å². The molecule has 1 aromatic heterocycles. The lowest BCUT2D eigenvalue weighted by Gasteiger charge is -2.32. The summed E-state index contributed by atoms with van der Waals surface area (Å²) in [6, 6.07) is 1.87. The van der Waals surface area contributed by atoms with Crippen LogP contribution in [0.3, 0.4) is 0 Å². The van der Waals surface area contributed by atoms with Crippen molar-refractivity contribution in [3.8, 4) is 0 Å². The van der Waals surface area contributed by atoms with E-state index < -0.39 is 0 Å². The summed E-state index contributed by atoms with van der Waals surface area (Å²) >= 11 is 0. The monoisotopic (exact) mass is 303 g/mol. The number of nitrogens with one attached hydrogen (secondary N) is 1. The molecule has 1 aliphatic heterocycles. The number of nitrogens with two attached hydrogens (primary N) is 1. The Balaban J connectivity index is 2.33. The molecule has 2 heterocycles. The average molecular weight is 303 g/mol. The van der Waals surface area contributed by atoms with Gasteiger partial charge in [0, 0.05) is 12.7 Å². The molecule has 2 rings (SSSR count). The van der Waals surface area contributed by atoms with Crippen molar-refractivity contribution in [3.05, 3.63) is 28.9 Å². The van der Waals surface area contributed by atoms with Crippen molar-refractivity contribution in [2.75, 3.05) is 19.3 Å². The van der Waals surface area contributed by atoms with E-state index in [0.717, 1.165) is 16.6 Å². The largest absolute Gasteiger partial charge is 0.491 e. The second-order valence-electron chi connectivity index (χ2n) is 6.80. The summed E-state index contributed by atoms with van der Waals surface area (Å²) in [5.74, 6) is 0.528. The predicted octanol–water partition coefficient (Wildman–Crippen LogP) is 2.21. The lowest BCUT2D eigenvalue weighted by Crippen LogP contribution is -2.41. The Kier molecular flexibility index (Phi) is 4.66. The number of aryl methyl sites for hydroxylation is 1. The molecular formula is C16H26BN3O2. The van der Waals surface area contributed by atoms with Gasteiger partial charge >= 0.3 is 7.12 Å². The van der Waals surface area contributed by atoms with Crippen LogP contribution in [0.5, 0.6) is 0 Å². The number of nitrogens with zero attached hydrogens (tertiary/aromatic N) is 1. The first-order valence-electron chi connectivity index (χ1n) is 7.59. The fourth-order valence-electron chi connectivity index (χ4n) is 2.34. The summed E-state index contributed by atoms with van der Waals surface area (Å²) in [6.45, 7) is 10.9. The van der Waals surface area contributed by atoms with Crippen LogP contribution in [0.2, 0.25) is 0 Å². The lowest BCUT2D eigenvalue weighted by atomic mass is 9.77. The van der Waals surface area contributed by atoms with E-state index in [-0.39, 0.29) is 18.3 Å². The predicted molar refractivity (Wildman–Crippen MR) is 91.4 cm³/mol. The van der Waals surface area contributed by atoms with Gasteiger partial charge in [-0.25, -0.2) is 4.98 Å². The minimum atomic E-state index is -0.366. The Morgan fingerprint density at radius 2 is 1.91 bits per heavy atom. The first kappa shape index (κ1) is 17.0. The highest BCUT2D eigenvalue weighted by Crippen LogP contribution is 2.38. The lowest BCUT2D eigenvalue weighted by molar-refractivity contribution is 0.00578. The van der Waals surface area contributed by atoms with E-state index in [1.165, 1.54) is 0 Å². The molecule has 0 saturated carbocycles. The molecule has 0 atom stereocenters. The van der Waals surface area contributed by atoms with Gasteiger partial charge in [-0.15, -0.1) is 0 Å². The van der Waals surface area contributed by atoms with Crippen molar-refractivity contribution in [2.24, 2.45) is 0 Å². The van der Waals surface area contributed by atoms with Crippen LogP contribution in [-0.4, -0.2) is 36.9 Å². The number of likely N-dealkylation sites (N-methyl/N-ethyl adjacent to an activating group) is 1. The summed E-state index contributed by atoms with van der Waals surface area (Å²) < 4.78 is 12.3. The van der Waals surface area contributed by atoms with E-state index in [1.807, 2.05) is 20.0 Å². The van der Waals surface area contributed by atoms with Crippen LogP contribution in [0.15, 0.2) is 17.7 Å². The van der Waals surface area contributed by atoms with Crippen LogP contribution in [0.4, 0.5) is 5.82 Å². The van der Waals surface area contributed by atoms with Crippen LogP contribution >= 0.6 is 0 Å². The molecule has 5 nitrogen and oxygen atoms in total. The van der Waals surface area contributed by atoms with E-state index >= 15 is 0 Å². The van der Waals surface area contributed by atoms with Gasteiger partial charge in [0.2, 0.25) is 0 Å². The second kappa shape index (κ2) is 6.03. The molecule has 120 valence electrons. The van der Waals surface area contributed by atoms with Crippen molar-refractivity contribution in [2.45, 2.75) is 45.8 Å². The zero-order valence-corrected chi connectivity index (χ0v) is 14.4. The number of pyridine rings is 1. The molecule has 1 aromatic rings. The molecule has 3 N–H and O–H groups in total. The zero-order valence-electron chi connectivity index (χ0n) is 14.4. The third kappa shape index (κ3) is 3.34. The quantitative estimate of drug-likeness (QED) is 0.835. The van der Waals surface area contributed by atoms with Crippen molar-refractivity contribution >= 4 is 19.0 Å². The number of hydrogen-bond acceptors (Lipinski definition) is 5. The highest BCUT2D eigenvalue weighted by Gasteiger charge is 2.52. The third-order valence-electron chi connectivity index (χ3n) is 4.45. The van der Waals surface area contributed by atoms with Crippen LogP contribution < -0.4 is 11.1 Å². The summed E-state index contributed by atoms with van der Waals surface area (Å²) in [7, 11) is 1.54. The van der Waals surface area contributed by atoms with Crippen molar-refractivity contribution < 1.29 is 9.31 Å². The Morgan fingerprint density at radius 3 is 2.41 bits per heavy atom. The fraction of sp³-hybridized carbons (Fsp3) is 0.562. The van der Waals surface area contributed by atoms with Gasteiger partial charge in [-0.3, -0.25) is 0 Å². The van der Waals surface area contributed by atoms with E-state index in [9.17, 15) is 0 Å². The fourth-order valence-corrected chi connectivity index (χ4v) is 2.34. The minimum Gasteiger partial charge on any atom is -0.400 e. The molecule has 1 aliphatic rings. The molecule has 0 spiro atoms. The van der Waals surface area contributed by atoms with Gasteiger partial charge in [-0.05, 0) is 64.3 Å². The van der Waals surface area contributed by atoms with Crippen molar-refractivity contribution in [1.29, 1.82) is 0 Å². The SMILES string of the molecule is CNCC(=Cc1cnc(N)cc1C)B1OC(C)(C)C(C)(C)O1. The maximum atomic E-state index is 6.14. The van der Waals surface area contributed by atoms with Crippen molar-refractivity contribution in [1.82, 2.24) is 10.3 Å². The molecule has 1 saturated heterocycles.